The number of rotatable bonds is 1. The molecule has 1 aliphatic carbocycles. The molecule has 1 aliphatic rings. The van der Waals surface area contributed by atoms with Gasteiger partial charge in [-0.1, -0.05) is 0 Å². The molecule has 1 nitrogen and oxygen atoms in total. The predicted molar refractivity (Wildman–Crippen MR) is 46.9 cm³/mol. The minimum atomic E-state index is -2.41. The summed E-state index contributed by atoms with van der Waals surface area (Å²) in [6.45, 7) is 0. The summed E-state index contributed by atoms with van der Waals surface area (Å²) in [5.41, 5.74) is 0. The Bertz CT molecular complexity index is 256. The molecule has 3 heteroatoms. The van der Waals surface area contributed by atoms with Crippen LogP contribution in [0.3, 0.4) is 0 Å². The van der Waals surface area contributed by atoms with E-state index in [0.717, 1.165) is 0 Å². The molecule has 0 bridgehead atoms. The van der Waals surface area contributed by atoms with E-state index in [0.29, 0.717) is 12.8 Å². The smallest absolute Gasteiger partial charge is 0.248 e. The van der Waals surface area contributed by atoms with Crippen LogP contribution in [0.1, 0.15) is 31.7 Å². The first-order valence-corrected chi connectivity index (χ1v) is 4.68. The van der Waals surface area contributed by atoms with E-state index >= 15 is 0 Å². The van der Waals surface area contributed by atoms with Crippen molar-refractivity contribution in [3.05, 3.63) is 24.5 Å². The number of halogens is 2. The van der Waals surface area contributed by atoms with Crippen molar-refractivity contribution in [3.63, 3.8) is 0 Å². The Kier molecular flexibility index (Phi) is 2.10. The SMILES string of the molecule is FC1(F)CCC(n2cccc2)CC1. The fourth-order valence-electron chi connectivity index (χ4n) is 1.91. The number of aromatic nitrogens is 1. The van der Waals surface area contributed by atoms with Crippen molar-refractivity contribution in [3.8, 4) is 0 Å². The maximum atomic E-state index is 12.8. The molecule has 0 N–H and O–H groups in total. The normalized spacial score (nSPS) is 23.2. The molecule has 72 valence electrons. The molecular weight excluding hydrogens is 172 g/mol. The summed E-state index contributed by atoms with van der Waals surface area (Å²) in [5.74, 6) is -2.41. The van der Waals surface area contributed by atoms with Crippen LogP contribution < -0.4 is 0 Å². The zero-order valence-electron chi connectivity index (χ0n) is 7.42. The van der Waals surface area contributed by atoms with Gasteiger partial charge in [0.15, 0.2) is 0 Å². The standard InChI is InChI=1S/C10H13F2N/c11-10(12)5-3-9(4-6-10)13-7-1-2-8-13/h1-2,7-9H,3-6H2. The zero-order chi connectivity index (χ0) is 9.31. The van der Waals surface area contributed by atoms with Gasteiger partial charge in [-0.25, -0.2) is 8.78 Å². The lowest BCUT2D eigenvalue weighted by atomic mass is 9.92. The van der Waals surface area contributed by atoms with Gasteiger partial charge in [-0.3, -0.25) is 0 Å². The number of alkyl halides is 2. The molecule has 0 aromatic carbocycles. The van der Waals surface area contributed by atoms with Crippen molar-refractivity contribution >= 4 is 0 Å². The molecule has 1 heterocycles. The van der Waals surface area contributed by atoms with Crippen LogP contribution in [0, 0.1) is 0 Å². The van der Waals surface area contributed by atoms with Crippen LogP contribution in [0.5, 0.6) is 0 Å². The molecule has 1 fully saturated rings. The van der Waals surface area contributed by atoms with Crippen molar-refractivity contribution in [1.82, 2.24) is 4.57 Å². The van der Waals surface area contributed by atoms with Gasteiger partial charge in [-0.2, -0.15) is 0 Å². The van der Waals surface area contributed by atoms with Gasteiger partial charge in [0, 0.05) is 31.3 Å². The van der Waals surface area contributed by atoms with Crippen LogP contribution >= 0.6 is 0 Å². The summed E-state index contributed by atoms with van der Waals surface area (Å²) in [4.78, 5) is 0. The van der Waals surface area contributed by atoms with E-state index in [-0.39, 0.29) is 18.9 Å². The molecule has 0 radical (unpaired) electrons. The van der Waals surface area contributed by atoms with Crippen LogP contribution in [0.2, 0.25) is 0 Å². The van der Waals surface area contributed by atoms with E-state index in [4.69, 9.17) is 0 Å². The maximum Gasteiger partial charge on any atom is 0.248 e. The Morgan fingerprint density at radius 2 is 1.62 bits per heavy atom. The molecule has 2 rings (SSSR count). The molecule has 0 amide bonds. The Hall–Kier alpha value is -0.860. The fourth-order valence-corrected chi connectivity index (χ4v) is 1.91. The highest BCUT2D eigenvalue weighted by molar-refractivity contribution is 4.94. The summed E-state index contributed by atoms with van der Waals surface area (Å²) in [6.07, 6.45) is 5.18. The van der Waals surface area contributed by atoms with Crippen molar-refractivity contribution in [2.24, 2.45) is 0 Å². The molecule has 1 aromatic heterocycles. The molecule has 1 saturated carbocycles. The summed E-state index contributed by atoms with van der Waals surface area (Å²) < 4.78 is 27.7. The molecule has 0 saturated heterocycles. The molecule has 0 unspecified atom stereocenters. The average molecular weight is 185 g/mol. The third kappa shape index (κ3) is 1.90. The Labute approximate surface area is 76.4 Å². The van der Waals surface area contributed by atoms with Gasteiger partial charge in [0.2, 0.25) is 5.92 Å². The lowest BCUT2D eigenvalue weighted by molar-refractivity contribution is -0.0439. The molecule has 1 aromatic rings. The predicted octanol–water partition coefficient (Wildman–Crippen LogP) is 3.24. The zero-order valence-corrected chi connectivity index (χ0v) is 7.42. The number of nitrogens with zero attached hydrogens (tertiary/aromatic N) is 1. The number of hydrogen-bond acceptors (Lipinski definition) is 0. The van der Waals surface area contributed by atoms with Crippen LogP contribution in [0.15, 0.2) is 24.5 Å². The fraction of sp³-hybridized carbons (Fsp3) is 0.600. The Balaban J connectivity index is 1.99. The van der Waals surface area contributed by atoms with Crippen molar-refractivity contribution in [2.45, 2.75) is 37.6 Å². The van der Waals surface area contributed by atoms with Gasteiger partial charge in [0.1, 0.15) is 0 Å². The monoisotopic (exact) mass is 185 g/mol. The van der Waals surface area contributed by atoms with Crippen LogP contribution in [-0.2, 0) is 0 Å². The quantitative estimate of drug-likeness (QED) is 0.633. The van der Waals surface area contributed by atoms with Gasteiger partial charge in [0.05, 0.1) is 0 Å². The maximum absolute atomic E-state index is 12.8. The van der Waals surface area contributed by atoms with Crippen LogP contribution in [0.4, 0.5) is 8.78 Å². The van der Waals surface area contributed by atoms with E-state index in [1.165, 1.54) is 0 Å². The van der Waals surface area contributed by atoms with Crippen LogP contribution in [0.25, 0.3) is 0 Å². The van der Waals surface area contributed by atoms with Gasteiger partial charge in [-0.15, -0.1) is 0 Å². The first-order valence-electron chi connectivity index (χ1n) is 4.68. The van der Waals surface area contributed by atoms with Gasteiger partial charge >= 0.3 is 0 Å². The lowest BCUT2D eigenvalue weighted by Crippen LogP contribution is -2.25. The van der Waals surface area contributed by atoms with E-state index in [1.54, 1.807) is 0 Å². The third-order valence-electron chi connectivity index (χ3n) is 2.74. The summed E-state index contributed by atoms with van der Waals surface area (Å²) in [7, 11) is 0. The minimum Gasteiger partial charge on any atom is -0.351 e. The van der Waals surface area contributed by atoms with E-state index in [1.807, 2.05) is 29.1 Å². The van der Waals surface area contributed by atoms with Crippen molar-refractivity contribution in [1.29, 1.82) is 0 Å². The van der Waals surface area contributed by atoms with E-state index in [2.05, 4.69) is 0 Å². The van der Waals surface area contributed by atoms with Gasteiger partial charge in [0.25, 0.3) is 0 Å². The largest absolute Gasteiger partial charge is 0.351 e. The highest BCUT2D eigenvalue weighted by Gasteiger charge is 2.35. The minimum absolute atomic E-state index is 0.0375. The second-order valence-corrected chi connectivity index (χ2v) is 3.72. The molecule has 0 atom stereocenters. The van der Waals surface area contributed by atoms with Crippen molar-refractivity contribution in [2.75, 3.05) is 0 Å². The third-order valence-corrected chi connectivity index (χ3v) is 2.74. The molecule has 0 spiro atoms. The van der Waals surface area contributed by atoms with Gasteiger partial charge in [-0.05, 0) is 25.0 Å². The van der Waals surface area contributed by atoms with E-state index < -0.39 is 5.92 Å². The summed E-state index contributed by atoms with van der Waals surface area (Å²) >= 11 is 0. The highest BCUT2D eigenvalue weighted by atomic mass is 19.3. The summed E-state index contributed by atoms with van der Waals surface area (Å²) in [6, 6.07) is 4.16. The Morgan fingerprint density at radius 3 is 2.15 bits per heavy atom. The summed E-state index contributed by atoms with van der Waals surface area (Å²) in [5, 5.41) is 0. The number of hydrogen-bond donors (Lipinski definition) is 0. The second kappa shape index (κ2) is 3.13. The first-order chi connectivity index (χ1) is 6.17. The van der Waals surface area contributed by atoms with Crippen molar-refractivity contribution < 1.29 is 8.78 Å². The lowest BCUT2D eigenvalue weighted by Gasteiger charge is -2.29. The molecule has 13 heavy (non-hydrogen) atoms. The topological polar surface area (TPSA) is 4.93 Å². The second-order valence-electron chi connectivity index (χ2n) is 3.72. The molecular formula is C10H13F2N. The van der Waals surface area contributed by atoms with Crippen LogP contribution in [-0.4, -0.2) is 10.5 Å². The molecule has 0 aliphatic heterocycles. The van der Waals surface area contributed by atoms with E-state index in [9.17, 15) is 8.78 Å². The first kappa shape index (κ1) is 8.73. The van der Waals surface area contributed by atoms with Gasteiger partial charge < -0.3 is 4.57 Å². The highest BCUT2D eigenvalue weighted by Crippen LogP contribution is 2.38. The average Bonchev–Trinajstić information content (AvgIpc) is 2.56. The Morgan fingerprint density at radius 1 is 1.08 bits per heavy atom.